The largest absolute Gasteiger partial charge is 0.345 e. The Labute approximate surface area is 87.7 Å². The molecule has 1 unspecified atom stereocenters. The molecule has 0 aromatic heterocycles. The molecule has 1 amide bonds. The van der Waals surface area contributed by atoms with E-state index in [0.29, 0.717) is 0 Å². The van der Waals surface area contributed by atoms with E-state index in [0.717, 1.165) is 0 Å². The van der Waals surface area contributed by atoms with Gasteiger partial charge in [-0.3, -0.25) is 13.9 Å². The van der Waals surface area contributed by atoms with Gasteiger partial charge in [0.25, 0.3) is 0 Å². The molecule has 0 aliphatic rings. The van der Waals surface area contributed by atoms with Crippen molar-refractivity contribution >= 4 is 20.9 Å². The fourth-order valence-electron chi connectivity index (χ4n) is 0.822. The van der Waals surface area contributed by atoms with Crippen molar-refractivity contribution in [3.8, 4) is 0 Å². The minimum Gasteiger partial charge on any atom is -0.345 e. The van der Waals surface area contributed by atoms with Crippen LogP contribution in [0.2, 0.25) is 0 Å². The molecule has 0 aliphatic carbocycles. The van der Waals surface area contributed by atoms with E-state index >= 15 is 0 Å². The molecule has 0 saturated carbocycles. The molecule has 7 nitrogen and oxygen atoms in total. The molecule has 15 heavy (non-hydrogen) atoms. The van der Waals surface area contributed by atoms with Gasteiger partial charge < -0.3 is 19.6 Å². The first-order valence-corrected chi connectivity index (χ1v) is 7.93. The Morgan fingerprint density at radius 2 is 1.73 bits per heavy atom. The Hall–Kier alpha value is -0.190. The van der Waals surface area contributed by atoms with Gasteiger partial charge in [0, 0.05) is 26.7 Å². The SMILES string of the molecule is CC(=O)N(C)CCP(=O)(O)CP(=O)(O)O. The summed E-state index contributed by atoms with van der Waals surface area (Å²) in [4.78, 5) is 38.2. The van der Waals surface area contributed by atoms with Gasteiger partial charge in [0.15, 0.2) is 0 Å². The average molecular weight is 259 g/mol. The molecule has 1 atom stereocenters. The first kappa shape index (κ1) is 14.8. The summed E-state index contributed by atoms with van der Waals surface area (Å²) < 4.78 is 21.8. The number of carbonyl (C=O) groups is 1. The number of rotatable bonds is 5. The lowest BCUT2D eigenvalue weighted by molar-refractivity contribution is -0.127. The van der Waals surface area contributed by atoms with Gasteiger partial charge in [0.2, 0.25) is 13.3 Å². The van der Waals surface area contributed by atoms with Crippen molar-refractivity contribution in [3.63, 3.8) is 0 Å². The van der Waals surface area contributed by atoms with Crippen molar-refractivity contribution in [2.75, 3.05) is 25.7 Å². The molecule has 0 bridgehead atoms. The topological polar surface area (TPSA) is 115 Å². The smallest absolute Gasteiger partial charge is 0.335 e. The zero-order valence-corrected chi connectivity index (χ0v) is 10.3. The highest BCUT2D eigenvalue weighted by molar-refractivity contribution is 7.72. The highest BCUT2D eigenvalue weighted by Crippen LogP contribution is 2.54. The van der Waals surface area contributed by atoms with Crippen LogP contribution in [0.4, 0.5) is 0 Å². The van der Waals surface area contributed by atoms with Crippen molar-refractivity contribution in [2.24, 2.45) is 0 Å². The molecule has 0 saturated heterocycles. The van der Waals surface area contributed by atoms with Crippen LogP contribution in [-0.4, -0.2) is 51.1 Å². The van der Waals surface area contributed by atoms with E-state index < -0.39 is 20.9 Å². The van der Waals surface area contributed by atoms with Crippen molar-refractivity contribution < 1.29 is 28.6 Å². The maximum atomic E-state index is 11.3. The molecule has 0 spiro atoms. The third-order valence-corrected chi connectivity index (χ3v) is 5.87. The highest BCUT2D eigenvalue weighted by atomic mass is 31.2. The summed E-state index contributed by atoms with van der Waals surface area (Å²) in [5, 5.41) is 0. The minimum absolute atomic E-state index is 0.00309. The van der Waals surface area contributed by atoms with Crippen LogP contribution < -0.4 is 0 Å². The number of nitrogens with zero attached hydrogens (tertiary/aromatic N) is 1. The van der Waals surface area contributed by atoms with E-state index in [2.05, 4.69) is 0 Å². The number of hydrogen-bond donors (Lipinski definition) is 3. The molecule has 90 valence electrons. The molecule has 0 radical (unpaired) electrons. The van der Waals surface area contributed by atoms with E-state index in [1.165, 1.54) is 18.9 Å². The third kappa shape index (κ3) is 7.71. The van der Waals surface area contributed by atoms with Crippen LogP contribution in [0.3, 0.4) is 0 Å². The molecule has 0 aromatic carbocycles. The van der Waals surface area contributed by atoms with Crippen LogP contribution in [-0.2, 0) is 13.9 Å². The normalized spacial score (nSPS) is 15.8. The zero-order chi connectivity index (χ0) is 12.3. The van der Waals surface area contributed by atoms with Gasteiger partial charge in [-0.2, -0.15) is 0 Å². The van der Waals surface area contributed by atoms with E-state index in [9.17, 15) is 18.8 Å². The molecule has 0 fully saturated rings. The Kier molecular flexibility index (Phi) is 5.17. The lowest BCUT2D eigenvalue weighted by Gasteiger charge is -2.17. The molecular weight excluding hydrogens is 244 g/mol. The quantitative estimate of drug-likeness (QED) is 0.592. The lowest BCUT2D eigenvalue weighted by Crippen LogP contribution is -2.27. The van der Waals surface area contributed by atoms with E-state index in [1.807, 2.05) is 0 Å². The predicted molar refractivity (Wildman–Crippen MR) is 54.9 cm³/mol. The maximum Gasteiger partial charge on any atom is 0.335 e. The van der Waals surface area contributed by atoms with Crippen LogP contribution in [0.25, 0.3) is 0 Å². The zero-order valence-electron chi connectivity index (χ0n) is 8.53. The standard InChI is InChI=1S/C6H15NO6P2/c1-6(8)7(2)3-4-14(9,10)5-15(11,12)13/h3-5H2,1-2H3,(H,9,10)(H2,11,12,13). The second kappa shape index (κ2) is 5.23. The second-order valence-electron chi connectivity index (χ2n) is 3.32. The van der Waals surface area contributed by atoms with Crippen LogP contribution in [0.15, 0.2) is 0 Å². The van der Waals surface area contributed by atoms with Gasteiger partial charge >= 0.3 is 7.60 Å². The summed E-state index contributed by atoms with van der Waals surface area (Å²) in [5.41, 5.74) is 0. The van der Waals surface area contributed by atoms with Crippen LogP contribution in [0.5, 0.6) is 0 Å². The first-order chi connectivity index (χ1) is 6.53. The Balaban J connectivity index is 4.23. The van der Waals surface area contributed by atoms with Gasteiger partial charge in [-0.15, -0.1) is 0 Å². The lowest BCUT2D eigenvalue weighted by atomic mass is 10.5. The molecule has 0 heterocycles. The monoisotopic (exact) mass is 259 g/mol. The summed E-state index contributed by atoms with van der Waals surface area (Å²) in [6.45, 7) is 1.30. The summed E-state index contributed by atoms with van der Waals surface area (Å²) in [6, 6.07) is 0. The van der Waals surface area contributed by atoms with Gasteiger partial charge in [-0.25, -0.2) is 0 Å². The Bertz CT molecular complexity index is 324. The van der Waals surface area contributed by atoms with Crippen molar-refractivity contribution in [3.05, 3.63) is 0 Å². The fourth-order valence-corrected chi connectivity index (χ4v) is 4.30. The number of carbonyl (C=O) groups excluding carboxylic acids is 1. The van der Waals surface area contributed by atoms with Gasteiger partial charge in [-0.1, -0.05) is 0 Å². The third-order valence-electron chi connectivity index (χ3n) is 1.73. The van der Waals surface area contributed by atoms with Crippen LogP contribution in [0, 0.1) is 0 Å². The van der Waals surface area contributed by atoms with Crippen molar-refractivity contribution in [1.82, 2.24) is 4.90 Å². The molecular formula is C6H15NO6P2. The molecule has 0 aromatic rings. The van der Waals surface area contributed by atoms with Crippen LogP contribution >= 0.6 is 15.0 Å². The number of hydrogen-bond acceptors (Lipinski definition) is 3. The van der Waals surface area contributed by atoms with Gasteiger partial charge in [-0.05, 0) is 0 Å². The molecule has 3 N–H and O–H groups in total. The second-order valence-corrected chi connectivity index (χ2v) is 7.92. The van der Waals surface area contributed by atoms with Crippen LogP contribution in [0.1, 0.15) is 6.92 Å². The van der Waals surface area contributed by atoms with Gasteiger partial charge in [0.05, 0.1) is 0 Å². The molecule has 9 heteroatoms. The van der Waals surface area contributed by atoms with Gasteiger partial charge in [0.1, 0.15) is 5.90 Å². The summed E-state index contributed by atoms with van der Waals surface area (Å²) >= 11 is 0. The van der Waals surface area contributed by atoms with E-state index in [1.54, 1.807) is 0 Å². The Morgan fingerprint density at radius 1 is 1.27 bits per heavy atom. The van der Waals surface area contributed by atoms with Crippen molar-refractivity contribution in [2.45, 2.75) is 6.92 Å². The summed E-state index contributed by atoms with van der Waals surface area (Å²) in [5.74, 6) is -1.31. The van der Waals surface area contributed by atoms with E-state index in [4.69, 9.17) is 9.79 Å². The minimum atomic E-state index is -4.49. The fraction of sp³-hybridized carbons (Fsp3) is 0.833. The maximum absolute atomic E-state index is 11.3. The first-order valence-electron chi connectivity index (χ1n) is 4.11. The average Bonchev–Trinajstić information content (AvgIpc) is 1.95. The highest BCUT2D eigenvalue weighted by Gasteiger charge is 2.29. The number of amides is 1. The predicted octanol–water partition coefficient (Wildman–Crippen LogP) is -0.130. The summed E-state index contributed by atoms with van der Waals surface area (Å²) in [6.07, 6.45) is -0.311. The Morgan fingerprint density at radius 3 is 2.07 bits per heavy atom. The molecule has 0 aliphatic heterocycles. The summed E-state index contributed by atoms with van der Waals surface area (Å²) in [7, 11) is -6.91. The van der Waals surface area contributed by atoms with E-state index in [-0.39, 0.29) is 18.6 Å². The van der Waals surface area contributed by atoms with Crippen molar-refractivity contribution in [1.29, 1.82) is 0 Å². The molecule has 0 rings (SSSR count).